The quantitative estimate of drug-likeness (QED) is 0.393. The normalized spacial score (nSPS) is 12.3. The van der Waals surface area contributed by atoms with E-state index in [1.54, 1.807) is 6.92 Å². The van der Waals surface area contributed by atoms with Gasteiger partial charge in [-0.3, -0.25) is 0 Å². The van der Waals surface area contributed by atoms with Crippen LogP contribution in [-0.4, -0.2) is 69.2 Å². The number of nitrogens with two attached hydrogens (primary N) is 1. The summed E-state index contributed by atoms with van der Waals surface area (Å²) in [6, 6.07) is 0. The second kappa shape index (κ2) is 12.8. The first-order valence-electron chi connectivity index (χ1n) is 6.35. The Kier molecular flexibility index (Phi) is 12.4. The fourth-order valence-electron chi connectivity index (χ4n) is 1.33. The van der Waals surface area contributed by atoms with Gasteiger partial charge >= 0.3 is 0 Å². The van der Waals surface area contributed by atoms with Crippen molar-refractivity contribution in [3.63, 3.8) is 0 Å². The van der Waals surface area contributed by atoms with Crippen molar-refractivity contribution in [2.24, 2.45) is 5.73 Å². The maximum Gasteiger partial charge on any atom is 0.127 e. The van der Waals surface area contributed by atoms with Gasteiger partial charge in [0.05, 0.1) is 19.8 Å². The average Bonchev–Trinajstić information content (AvgIpc) is 2.32. The summed E-state index contributed by atoms with van der Waals surface area (Å²) in [5.41, 5.74) is 5.34. The molecule has 1 atom stereocenters. The van der Waals surface area contributed by atoms with E-state index in [9.17, 15) is 5.11 Å². The highest BCUT2D eigenvalue weighted by atomic mass is 16.5. The lowest BCUT2D eigenvalue weighted by Crippen LogP contribution is -2.31. The highest BCUT2D eigenvalue weighted by Crippen LogP contribution is 1.89. The van der Waals surface area contributed by atoms with E-state index in [-0.39, 0.29) is 0 Å². The molecule has 0 aromatic heterocycles. The lowest BCUT2D eigenvalue weighted by molar-refractivity contribution is 0.0379. The molecule has 0 aromatic carbocycles. The van der Waals surface area contributed by atoms with Crippen LogP contribution in [0.4, 0.5) is 0 Å². The molecule has 18 heavy (non-hydrogen) atoms. The first kappa shape index (κ1) is 17.4. The summed E-state index contributed by atoms with van der Waals surface area (Å²) in [6.07, 6.45) is 0.304. The first-order chi connectivity index (χ1) is 8.70. The van der Waals surface area contributed by atoms with Crippen molar-refractivity contribution < 1.29 is 14.6 Å². The minimum Gasteiger partial charge on any atom is -0.379 e. The van der Waals surface area contributed by atoms with Crippen LogP contribution in [0.2, 0.25) is 0 Å². The van der Waals surface area contributed by atoms with Gasteiger partial charge in [0.1, 0.15) is 6.10 Å². The highest BCUT2D eigenvalue weighted by Gasteiger charge is 2.04. The Labute approximate surface area is 110 Å². The zero-order valence-corrected chi connectivity index (χ0v) is 11.5. The monoisotopic (exact) mass is 258 g/mol. The van der Waals surface area contributed by atoms with Crippen LogP contribution in [0.25, 0.3) is 0 Å². The molecule has 5 nitrogen and oxygen atoms in total. The smallest absolute Gasteiger partial charge is 0.127 e. The van der Waals surface area contributed by atoms with Gasteiger partial charge in [-0.1, -0.05) is 5.92 Å². The number of aliphatic hydroxyl groups excluding tert-OH is 1. The van der Waals surface area contributed by atoms with Crippen molar-refractivity contribution in [3.8, 4) is 11.8 Å². The van der Waals surface area contributed by atoms with Crippen molar-refractivity contribution in [1.29, 1.82) is 0 Å². The summed E-state index contributed by atoms with van der Waals surface area (Å²) < 4.78 is 10.7. The number of likely N-dealkylation sites (N-methyl/N-ethyl adjacent to an activating group) is 1. The second-order valence-electron chi connectivity index (χ2n) is 4.04. The summed E-state index contributed by atoms with van der Waals surface area (Å²) in [4.78, 5) is 1.99. The van der Waals surface area contributed by atoms with Gasteiger partial charge in [-0.05, 0) is 26.9 Å². The van der Waals surface area contributed by atoms with Crippen LogP contribution < -0.4 is 5.73 Å². The maximum absolute atomic E-state index is 9.46. The van der Waals surface area contributed by atoms with E-state index in [1.165, 1.54) is 0 Å². The predicted molar refractivity (Wildman–Crippen MR) is 72.3 cm³/mol. The molecular formula is C13H26N2O3. The second-order valence-corrected chi connectivity index (χ2v) is 4.04. The van der Waals surface area contributed by atoms with E-state index in [1.807, 2.05) is 11.9 Å². The summed E-state index contributed by atoms with van der Waals surface area (Å²) in [5, 5.41) is 9.46. The van der Waals surface area contributed by atoms with Crippen LogP contribution in [0.15, 0.2) is 0 Å². The van der Waals surface area contributed by atoms with Crippen LogP contribution in [-0.2, 0) is 9.47 Å². The molecule has 0 aliphatic rings. The van der Waals surface area contributed by atoms with Crippen LogP contribution in [0, 0.1) is 11.8 Å². The van der Waals surface area contributed by atoms with E-state index in [4.69, 9.17) is 15.2 Å². The lowest BCUT2D eigenvalue weighted by Gasteiger charge is -2.17. The van der Waals surface area contributed by atoms with Crippen LogP contribution >= 0.6 is 0 Å². The van der Waals surface area contributed by atoms with Gasteiger partial charge in [-0.2, -0.15) is 0 Å². The van der Waals surface area contributed by atoms with Crippen molar-refractivity contribution in [3.05, 3.63) is 0 Å². The fraction of sp³-hybridized carbons (Fsp3) is 0.846. The molecule has 106 valence electrons. The summed E-state index contributed by atoms with van der Waals surface area (Å²) >= 11 is 0. The third kappa shape index (κ3) is 11.8. The summed E-state index contributed by atoms with van der Waals surface area (Å²) in [7, 11) is 1.93. The Hall–Kier alpha value is -0.640. The largest absolute Gasteiger partial charge is 0.379 e. The van der Waals surface area contributed by atoms with Crippen molar-refractivity contribution >= 4 is 0 Å². The summed E-state index contributed by atoms with van der Waals surface area (Å²) in [5.74, 6) is 5.39. The minimum absolute atomic E-state index is 0.539. The van der Waals surface area contributed by atoms with E-state index in [2.05, 4.69) is 11.8 Å². The molecular weight excluding hydrogens is 232 g/mol. The van der Waals surface area contributed by atoms with E-state index >= 15 is 0 Å². The van der Waals surface area contributed by atoms with Crippen molar-refractivity contribution in [1.82, 2.24) is 4.90 Å². The molecule has 0 saturated heterocycles. The number of nitrogens with zero attached hydrogens (tertiary/aromatic N) is 1. The van der Waals surface area contributed by atoms with Gasteiger partial charge in [0.15, 0.2) is 0 Å². The van der Waals surface area contributed by atoms with E-state index in [0.29, 0.717) is 39.5 Å². The highest BCUT2D eigenvalue weighted by molar-refractivity contribution is 5.02. The number of ether oxygens (including phenoxy) is 2. The Bertz CT molecular complexity index is 238. The molecule has 3 N–H and O–H groups in total. The molecule has 0 radical (unpaired) electrons. The van der Waals surface area contributed by atoms with Crippen molar-refractivity contribution in [2.75, 3.05) is 53.1 Å². The Morgan fingerprint density at radius 3 is 2.50 bits per heavy atom. The lowest BCUT2D eigenvalue weighted by atomic mass is 10.3. The van der Waals surface area contributed by atoms with Gasteiger partial charge in [0.25, 0.3) is 0 Å². The maximum atomic E-state index is 9.46. The molecule has 1 unspecified atom stereocenters. The molecule has 0 aliphatic heterocycles. The molecule has 0 bridgehead atoms. The fourth-order valence-corrected chi connectivity index (χ4v) is 1.33. The predicted octanol–water partition coefficient (Wildman–Crippen LogP) is -0.316. The van der Waals surface area contributed by atoms with Gasteiger partial charge in [-0.15, -0.1) is 5.92 Å². The van der Waals surface area contributed by atoms with Gasteiger partial charge in [-0.25, -0.2) is 0 Å². The van der Waals surface area contributed by atoms with Crippen molar-refractivity contribution in [2.45, 2.75) is 19.4 Å². The molecule has 0 aromatic rings. The molecule has 5 heteroatoms. The molecule has 0 amide bonds. The SMILES string of the molecule is CC#CC(O)CN(C)CCOCCOCCCN. The third-order valence-corrected chi connectivity index (χ3v) is 2.28. The molecule has 0 fully saturated rings. The Balaban J connectivity index is 3.29. The van der Waals surface area contributed by atoms with Gasteiger partial charge in [0.2, 0.25) is 0 Å². The number of aliphatic hydroxyl groups is 1. The Morgan fingerprint density at radius 2 is 1.89 bits per heavy atom. The molecule has 0 spiro atoms. The molecule has 0 aliphatic carbocycles. The minimum atomic E-state index is -0.584. The summed E-state index contributed by atoms with van der Waals surface area (Å²) in [6.45, 7) is 6.21. The van der Waals surface area contributed by atoms with E-state index in [0.717, 1.165) is 13.0 Å². The first-order valence-corrected chi connectivity index (χ1v) is 6.35. The van der Waals surface area contributed by atoms with E-state index < -0.39 is 6.10 Å². The number of hydrogen-bond acceptors (Lipinski definition) is 5. The number of hydrogen-bond donors (Lipinski definition) is 2. The van der Waals surface area contributed by atoms with Crippen LogP contribution in [0.1, 0.15) is 13.3 Å². The Morgan fingerprint density at radius 1 is 1.22 bits per heavy atom. The number of rotatable bonds is 11. The van der Waals surface area contributed by atoms with Crippen LogP contribution in [0.3, 0.4) is 0 Å². The molecule has 0 saturated carbocycles. The van der Waals surface area contributed by atoms with Gasteiger partial charge in [0, 0.05) is 19.7 Å². The third-order valence-electron chi connectivity index (χ3n) is 2.28. The van der Waals surface area contributed by atoms with Crippen LogP contribution in [0.5, 0.6) is 0 Å². The standard InChI is InChI=1S/C13H26N2O3/c1-3-5-13(16)12-15(2)7-9-18-11-10-17-8-4-6-14/h13,16H,4,6-12,14H2,1-2H3. The topological polar surface area (TPSA) is 68.0 Å². The molecule has 0 rings (SSSR count). The zero-order valence-electron chi connectivity index (χ0n) is 11.5. The van der Waals surface area contributed by atoms with Gasteiger partial charge < -0.3 is 25.2 Å². The molecule has 0 heterocycles. The zero-order chi connectivity index (χ0) is 13.6. The average molecular weight is 258 g/mol.